The molecule has 1 saturated heterocycles. The van der Waals surface area contributed by atoms with E-state index in [1.165, 1.54) is 0 Å². The average Bonchev–Trinajstić information content (AvgIpc) is 2.92. The first-order valence-corrected chi connectivity index (χ1v) is 8.01. The van der Waals surface area contributed by atoms with Gasteiger partial charge >= 0.3 is 6.09 Å². The van der Waals surface area contributed by atoms with E-state index in [-0.39, 0.29) is 12.1 Å². The van der Waals surface area contributed by atoms with Crippen molar-refractivity contribution >= 4 is 12.2 Å². The Morgan fingerprint density at radius 1 is 1.52 bits per heavy atom. The molecule has 2 heterocycles. The van der Waals surface area contributed by atoms with E-state index in [2.05, 4.69) is 11.6 Å². The van der Waals surface area contributed by atoms with E-state index in [0.717, 1.165) is 30.6 Å². The predicted octanol–water partition coefficient (Wildman–Crippen LogP) is 3.81. The van der Waals surface area contributed by atoms with Crippen molar-refractivity contribution in [2.24, 2.45) is 0 Å². The highest BCUT2D eigenvalue weighted by molar-refractivity contribution is 5.69. The van der Waals surface area contributed by atoms with Crippen LogP contribution in [0.1, 0.15) is 44.9 Å². The molecule has 0 aliphatic carbocycles. The number of carbonyl (C=O) groups excluding carboxylic acids is 1. The van der Waals surface area contributed by atoms with Gasteiger partial charge in [0.05, 0.1) is 17.9 Å². The standard InChI is InChI=1S/C18H26N2O3/c1-6-16-13(2)10-15(11-19-16)22-12-14-8-7-9-20(14)17(21)23-18(3,4)5/h6,10-11,14H,1,7-9,12H2,2-5H3/t14-/m0/s1. The number of ether oxygens (including phenoxy) is 2. The number of rotatable bonds is 4. The molecule has 0 spiro atoms. The lowest BCUT2D eigenvalue weighted by Gasteiger charge is -2.28. The largest absolute Gasteiger partial charge is 0.490 e. The summed E-state index contributed by atoms with van der Waals surface area (Å²) in [5.74, 6) is 0.712. The Kier molecular flexibility index (Phi) is 5.29. The third-order valence-corrected chi connectivity index (χ3v) is 3.73. The summed E-state index contributed by atoms with van der Waals surface area (Å²) in [5, 5.41) is 0. The summed E-state index contributed by atoms with van der Waals surface area (Å²) in [6, 6.07) is 1.99. The van der Waals surface area contributed by atoms with Gasteiger partial charge in [0, 0.05) is 6.54 Å². The zero-order valence-electron chi connectivity index (χ0n) is 14.5. The van der Waals surface area contributed by atoms with E-state index < -0.39 is 5.60 Å². The highest BCUT2D eigenvalue weighted by atomic mass is 16.6. The van der Waals surface area contributed by atoms with Crippen molar-refractivity contribution in [1.29, 1.82) is 0 Å². The lowest BCUT2D eigenvalue weighted by atomic mass is 10.2. The van der Waals surface area contributed by atoms with Crippen molar-refractivity contribution < 1.29 is 14.3 Å². The maximum atomic E-state index is 12.2. The molecule has 1 fully saturated rings. The van der Waals surface area contributed by atoms with E-state index in [1.54, 1.807) is 17.2 Å². The number of hydrogen-bond donors (Lipinski definition) is 0. The molecular weight excluding hydrogens is 292 g/mol. The van der Waals surface area contributed by atoms with Gasteiger partial charge in [0.2, 0.25) is 0 Å². The summed E-state index contributed by atoms with van der Waals surface area (Å²) >= 11 is 0. The van der Waals surface area contributed by atoms with Crippen molar-refractivity contribution in [3.63, 3.8) is 0 Å². The van der Waals surface area contributed by atoms with Crippen LogP contribution in [0.5, 0.6) is 5.75 Å². The molecule has 1 aromatic rings. The van der Waals surface area contributed by atoms with Crippen LogP contribution in [0, 0.1) is 6.92 Å². The van der Waals surface area contributed by atoms with E-state index in [4.69, 9.17) is 9.47 Å². The molecule has 2 rings (SSSR count). The van der Waals surface area contributed by atoms with Gasteiger partial charge in [0.1, 0.15) is 18.0 Å². The smallest absolute Gasteiger partial charge is 0.410 e. The first-order chi connectivity index (χ1) is 10.8. The van der Waals surface area contributed by atoms with Gasteiger partial charge < -0.3 is 14.4 Å². The van der Waals surface area contributed by atoms with Crippen LogP contribution < -0.4 is 4.74 Å². The van der Waals surface area contributed by atoms with E-state index in [9.17, 15) is 4.79 Å². The van der Waals surface area contributed by atoms with Crippen molar-refractivity contribution in [2.75, 3.05) is 13.2 Å². The molecule has 0 aromatic carbocycles. The molecule has 5 nitrogen and oxygen atoms in total. The summed E-state index contributed by atoms with van der Waals surface area (Å²) in [5.41, 5.74) is 1.40. The molecule has 1 aliphatic heterocycles. The molecular formula is C18H26N2O3. The number of hydrogen-bond acceptors (Lipinski definition) is 4. The fourth-order valence-corrected chi connectivity index (χ4v) is 2.61. The highest BCUT2D eigenvalue weighted by Gasteiger charge is 2.32. The monoisotopic (exact) mass is 318 g/mol. The third kappa shape index (κ3) is 4.71. The van der Waals surface area contributed by atoms with Gasteiger partial charge in [-0.3, -0.25) is 4.98 Å². The van der Waals surface area contributed by atoms with Crippen LogP contribution in [0.2, 0.25) is 0 Å². The Labute approximate surface area is 138 Å². The summed E-state index contributed by atoms with van der Waals surface area (Å²) < 4.78 is 11.3. The minimum absolute atomic E-state index is 0.0456. The zero-order chi connectivity index (χ0) is 17.0. The minimum Gasteiger partial charge on any atom is -0.490 e. The quantitative estimate of drug-likeness (QED) is 0.847. The molecule has 1 atom stereocenters. The van der Waals surface area contributed by atoms with Crippen molar-refractivity contribution in [2.45, 2.75) is 52.2 Å². The van der Waals surface area contributed by atoms with Crippen LogP contribution in [0.25, 0.3) is 6.08 Å². The Hall–Kier alpha value is -2.04. The van der Waals surface area contributed by atoms with Gasteiger partial charge in [-0.05, 0) is 58.2 Å². The van der Waals surface area contributed by atoms with Crippen molar-refractivity contribution in [3.05, 3.63) is 30.1 Å². The second-order valence-electron chi connectivity index (χ2n) is 6.86. The highest BCUT2D eigenvalue weighted by Crippen LogP contribution is 2.22. The fraction of sp³-hybridized carbons (Fsp3) is 0.556. The molecule has 0 bridgehead atoms. The van der Waals surface area contributed by atoms with Crippen LogP contribution in [0.4, 0.5) is 4.79 Å². The first-order valence-electron chi connectivity index (χ1n) is 8.01. The first kappa shape index (κ1) is 17.3. The number of nitrogens with zero attached hydrogens (tertiary/aromatic N) is 2. The van der Waals surface area contributed by atoms with Gasteiger partial charge in [0.25, 0.3) is 0 Å². The van der Waals surface area contributed by atoms with Crippen LogP contribution in [-0.4, -0.2) is 40.8 Å². The van der Waals surface area contributed by atoms with Crippen LogP contribution >= 0.6 is 0 Å². The fourth-order valence-electron chi connectivity index (χ4n) is 2.61. The molecule has 0 saturated carbocycles. The summed E-state index contributed by atoms with van der Waals surface area (Å²) in [6.07, 6.45) is 5.05. The molecule has 0 unspecified atom stereocenters. The molecule has 1 aliphatic rings. The Morgan fingerprint density at radius 2 is 2.26 bits per heavy atom. The minimum atomic E-state index is -0.480. The Balaban J connectivity index is 1.95. The summed E-state index contributed by atoms with van der Waals surface area (Å²) in [6.45, 7) is 12.5. The molecule has 0 N–H and O–H groups in total. The maximum Gasteiger partial charge on any atom is 0.410 e. The zero-order valence-corrected chi connectivity index (χ0v) is 14.5. The number of pyridine rings is 1. The molecule has 0 radical (unpaired) electrons. The molecule has 1 amide bonds. The molecule has 23 heavy (non-hydrogen) atoms. The lowest BCUT2D eigenvalue weighted by molar-refractivity contribution is 0.0187. The van der Waals surface area contributed by atoms with Gasteiger partial charge in [-0.25, -0.2) is 4.79 Å². The third-order valence-electron chi connectivity index (χ3n) is 3.73. The number of aryl methyl sites for hydroxylation is 1. The number of amides is 1. The lowest BCUT2D eigenvalue weighted by Crippen LogP contribution is -2.42. The maximum absolute atomic E-state index is 12.2. The summed E-state index contributed by atoms with van der Waals surface area (Å²) in [4.78, 5) is 18.3. The SMILES string of the molecule is C=Cc1ncc(OC[C@@H]2CCCN2C(=O)OC(C)(C)C)cc1C. The molecule has 5 heteroatoms. The van der Waals surface area contributed by atoms with Crippen molar-refractivity contribution in [1.82, 2.24) is 9.88 Å². The van der Waals surface area contributed by atoms with Gasteiger partial charge in [-0.2, -0.15) is 0 Å². The second kappa shape index (κ2) is 7.02. The van der Waals surface area contributed by atoms with Crippen LogP contribution in [0.3, 0.4) is 0 Å². The molecule has 1 aromatic heterocycles. The topological polar surface area (TPSA) is 51.7 Å². The average molecular weight is 318 g/mol. The van der Waals surface area contributed by atoms with E-state index in [1.807, 2.05) is 33.8 Å². The number of carbonyl (C=O) groups is 1. The summed E-state index contributed by atoms with van der Waals surface area (Å²) in [7, 11) is 0. The predicted molar refractivity (Wildman–Crippen MR) is 90.5 cm³/mol. The normalized spacial score (nSPS) is 17.9. The molecule has 126 valence electrons. The van der Waals surface area contributed by atoms with E-state index in [0.29, 0.717) is 12.4 Å². The van der Waals surface area contributed by atoms with Crippen LogP contribution in [-0.2, 0) is 4.74 Å². The van der Waals surface area contributed by atoms with Gasteiger partial charge in [-0.1, -0.05) is 6.58 Å². The number of aromatic nitrogens is 1. The van der Waals surface area contributed by atoms with E-state index >= 15 is 0 Å². The van der Waals surface area contributed by atoms with Crippen molar-refractivity contribution in [3.8, 4) is 5.75 Å². The van der Waals surface area contributed by atoms with Gasteiger partial charge in [-0.15, -0.1) is 0 Å². The second-order valence-corrected chi connectivity index (χ2v) is 6.86. The van der Waals surface area contributed by atoms with Gasteiger partial charge in [0.15, 0.2) is 0 Å². The van der Waals surface area contributed by atoms with Crippen LogP contribution in [0.15, 0.2) is 18.8 Å². The number of likely N-dealkylation sites (tertiary alicyclic amines) is 1. The Morgan fingerprint density at radius 3 is 2.87 bits per heavy atom. The Bertz CT molecular complexity index is 578.